The number of aromatic nitrogens is 2. The van der Waals surface area contributed by atoms with E-state index in [0.717, 1.165) is 5.69 Å². The van der Waals surface area contributed by atoms with Gasteiger partial charge in [-0.2, -0.15) is 0 Å². The fourth-order valence-electron chi connectivity index (χ4n) is 1.41. The highest BCUT2D eigenvalue weighted by molar-refractivity contribution is 5.08. The van der Waals surface area contributed by atoms with E-state index in [-0.39, 0.29) is 11.6 Å². The Morgan fingerprint density at radius 1 is 1.32 bits per heavy atom. The van der Waals surface area contributed by atoms with E-state index in [2.05, 4.69) is 36.1 Å². The SMILES string of the molecule is CCOCC(C)Oc1cncc(CNC(C)(C)C)n1. The summed E-state index contributed by atoms with van der Waals surface area (Å²) in [7, 11) is 0. The second kappa shape index (κ2) is 7.40. The molecule has 1 N–H and O–H groups in total. The van der Waals surface area contributed by atoms with Gasteiger partial charge in [-0.3, -0.25) is 4.98 Å². The van der Waals surface area contributed by atoms with Crippen LogP contribution in [0, 0.1) is 0 Å². The highest BCUT2D eigenvalue weighted by atomic mass is 16.5. The van der Waals surface area contributed by atoms with Crippen molar-refractivity contribution in [2.24, 2.45) is 0 Å². The first kappa shape index (κ1) is 15.9. The Bertz CT molecular complexity index is 377. The Balaban J connectivity index is 2.52. The zero-order chi connectivity index (χ0) is 14.3. The topological polar surface area (TPSA) is 56.3 Å². The maximum absolute atomic E-state index is 5.66. The molecule has 1 aromatic rings. The third kappa shape index (κ3) is 7.08. The van der Waals surface area contributed by atoms with Crippen molar-refractivity contribution in [2.75, 3.05) is 13.2 Å². The monoisotopic (exact) mass is 267 g/mol. The molecular weight excluding hydrogens is 242 g/mol. The average molecular weight is 267 g/mol. The van der Waals surface area contributed by atoms with Gasteiger partial charge in [-0.1, -0.05) is 0 Å². The standard InChI is InChI=1S/C14H25N3O2/c1-6-18-10-11(2)19-13-9-15-7-12(17-13)8-16-14(3,4)5/h7,9,11,16H,6,8,10H2,1-5H3. The summed E-state index contributed by atoms with van der Waals surface area (Å²) in [4.78, 5) is 8.57. The molecule has 0 radical (unpaired) electrons. The third-order valence-electron chi connectivity index (χ3n) is 2.34. The second-order valence-corrected chi connectivity index (χ2v) is 5.54. The molecule has 5 heteroatoms. The van der Waals surface area contributed by atoms with Crippen LogP contribution in [0.15, 0.2) is 12.4 Å². The Labute approximate surface area is 115 Å². The number of rotatable bonds is 7. The number of ether oxygens (including phenoxy) is 2. The maximum atomic E-state index is 5.66. The first-order chi connectivity index (χ1) is 8.90. The van der Waals surface area contributed by atoms with Crippen LogP contribution in [0.1, 0.15) is 40.3 Å². The Morgan fingerprint density at radius 3 is 2.68 bits per heavy atom. The summed E-state index contributed by atoms with van der Waals surface area (Å²) in [5, 5.41) is 3.37. The van der Waals surface area contributed by atoms with Crippen molar-refractivity contribution in [3.05, 3.63) is 18.1 Å². The molecule has 0 aliphatic heterocycles. The van der Waals surface area contributed by atoms with E-state index in [1.54, 1.807) is 12.4 Å². The second-order valence-electron chi connectivity index (χ2n) is 5.54. The van der Waals surface area contributed by atoms with Gasteiger partial charge in [0, 0.05) is 24.9 Å². The molecule has 0 spiro atoms. The zero-order valence-electron chi connectivity index (χ0n) is 12.6. The highest BCUT2D eigenvalue weighted by Gasteiger charge is 2.10. The van der Waals surface area contributed by atoms with E-state index in [1.807, 2.05) is 13.8 Å². The van der Waals surface area contributed by atoms with Crippen LogP contribution in [0.5, 0.6) is 5.88 Å². The summed E-state index contributed by atoms with van der Waals surface area (Å²) in [6.45, 7) is 12.2. The predicted molar refractivity (Wildman–Crippen MR) is 75.2 cm³/mol. The number of hydrogen-bond acceptors (Lipinski definition) is 5. The van der Waals surface area contributed by atoms with Crippen LogP contribution < -0.4 is 10.1 Å². The Morgan fingerprint density at radius 2 is 2.05 bits per heavy atom. The predicted octanol–water partition coefficient (Wildman–Crippen LogP) is 2.17. The molecule has 0 saturated heterocycles. The first-order valence-corrected chi connectivity index (χ1v) is 6.71. The van der Waals surface area contributed by atoms with E-state index >= 15 is 0 Å². The minimum Gasteiger partial charge on any atom is -0.471 e. The molecule has 0 aliphatic rings. The van der Waals surface area contributed by atoms with Gasteiger partial charge in [-0.05, 0) is 34.6 Å². The molecule has 0 amide bonds. The number of hydrogen-bond donors (Lipinski definition) is 1. The minimum atomic E-state index is -0.0277. The van der Waals surface area contributed by atoms with Gasteiger partial charge >= 0.3 is 0 Å². The smallest absolute Gasteiger partial charge is 0.232 e. The summed E-state index contributed by atoms with van der Waals surface area (Å²) < 4.78 is 11.0. The van der Waals surface area contributed by atoms with Crippen molar-refractivity contribution in [2.45, 2.75) is 52.8 Å². The van der Waals surface area contributed by atoms with Crippen molar-refractivity contribution in [3.8, 4) is 5.88 Å². The first-order valence-electron chi connectivity index (χ1n) is 6.71. The third-order valence-corrected chi connectivity index (χ3v) is 2.34. The Hall–Kier alpha value is -1.20. The normalized spacial score (nSPS) is 13.3. The van der Waals surface area contributed by atoms with Gasteiger partial charge in [0.25, 0.3) is 0 Å². The number of nitrogens with one attached hydrogen (secondary N) is 1. The van der Waals surface area contributed by atoms with Crippen LogP contribution >= 0.6 is 0 Å². The van der Waals surface area contributed by atoms with Gasteiger partial charge in [0.1, 0.15) is 6.10 Å². The van der Waals surface area contributed by atoms with Crippen molar-refractivity contribution in [1.29, 1.82) is 0 Å². The molecule has 1 unspecified atom stereocenters. The molecule has 0 fully saturated rings. The summed E-state index contributed by atoms with van der Waals surface area (Å²) >= 11 is 0. The van der Waals surface area contributed by atoms with Crippen LogP contribution in [0.25, 0.3) is 0 Å². The molecule has 5 nitrogen and oxygen atoms in total. The summed E-state index contributed by atoms with van der Waals surface area (Å²) in [6, 6.07) is 0. The van der Waals surface area contributed by atoms with Crippen molar-refractivity contribution in [3.63, 3.8) is 0 Å². The van der Waals surface area contributed by atoms with Gasteiger partial charge in [0.2, 0.25) is 5.88 Å². The van der Waals surface area contributed by atoms with Gasteiger partial charge in [0.15, 0.2) is 0 Å². The largest absolute Gasteiger partial charge is 0.471 e. The van der Waals surface area contributed by atoms with Gasteiger partial charge in [-0.15, -0.1) is 0 Å². The molecule has 0 bridgehead atoms. The van der Waals surface area contributed by atoms with Crippen molar-refractivity contribution < 1.29 is 9.47 Å². The molecule has 0 saturated carbocycles. The lowest BCUT2D eigenvalue weighted by Crippen LogP contribution is -2.35. The molecule has 1 rings (SSSR count). The molecule has 0 aromatic carbocycles. The van der Waals surface area contributed by atoms with E-state index in [9.17, 15) is 0 Å². The molecule has 108 valence electrons. The van der Waals surface area contributed by atoms with E-state index < -0.39 is 0 Å². The summed E-state index contributed by atoms with van der Waals surface area (Å²) in [6.07, 6.45) is 3.35. The van der Waals surface area contributed by atoms with Crippen molar-refractivity contribution >= 4 is 0 Å². The van der Waals surface area contributed by atoms with Crippen LogP contribution in [0.2, 0.25) is 0 Å². The van der Waals surface area contributed by atoms with Crippen LogP contribution in [-0.2, 0) is 11.3 Å². The minimum absolute atomic E-state index is 0.0277. The van der Waals surface area contributed by atoms with Gasteiger partial charge in [-0.25, -0.2) is 4.98 Å². The molecule has 1 atom stereocenters. The average Bonchev–Trinajstić information content (AvgIpc) is 2.33. The lowest BCUT2D eigenvalue weighted by molar-refractivity contribution is 0.0630. The van der Waals surface area contributed by atoms with Crippen molar-refractivity contribution in [1.82, 2.24) is 15.3 Å². The lowest BCUT2D eigenvalue weighted by atomic mass is 10.1. The summed E-state index contributed by atoms with van der Waals surface area (Å²) in [5.41, 5.74) is 0.928. The van der Waals surface area contributed by atoms with Crippen LogP contribution in [-0.4, -0.2) is 34.8 Å². The molecular formula is C14H25N3O2. The zero-order valence-corrected chi connectivity index (χ0v) is 12.6. The van der Waals surface area contributed by atoms with E-state index in [0.29, 0.717) is 25.6 Å². The highest BCUT2D eigenvalue weighted by Crippen LogP contribution is 2.09. The molecule has 0 aliphatic carbocycles. The number of nitrogens with zero attached hydrogens (tertiary/aromatic N) is 2. The summed E-state index contributed by atoms with van der Waals surface area (Å²) in [5.74, 6) is 0.542. The fourth-order valence-corrected chi connectivity index (χ4v) is 1.41. The fraction of sp³-hybridized carbons (Fsp3) is 0.714. The van der Waals surface area contributed by atoms with E-state index in [4.69, 9.17) is 9.47 Å². The van der Waals surface area contributed by atoms with E-state index in [1.165, 1.54) is 0 Å². The quantitative estimate of drug-likeness (QED) is 0.820. The molecule has 1 aromatic heterocycles. The Kier molecular flexibility index (Phi) is 6.18. The van der Waals surface area contributed by atoms with Gasteiger partial charge in [0.05, 0.1) is 18.5 Å². The van der Waals surface area contributed by atoms with Gasteiger partial charge < -0.3 is 14.8 Å². The molecule has 19 heavy (non-hydrogen) atoms. The van der Waals surface area contributed by atoms with Crippen LogP contribution in [0.3, 0.4) is 0 Å². The van der Waals surface area contributed by atoms with Crippen LogP contribution in [0.4, 0.5) is 0 Å². The maximum Gasteiger partial charge on any atom is 0.232 e. The lowest BCUT2D eigenvalue weighted by Gasteiger charge is -2.20. The molecule has 1 heterocycles.